The van der Waals surface area contributed by atoms with Gasteiger partial charge >= 0.3 is 5.69 Å². The third-order valence-corrected chi connectivity index (χ3v) is 2.02. The van der Waals surface area contributed by atoms with Gasteiger partial charge in [-0.15, -0.1) is 0 Å². The second-order valence-electron chi connectivity index (χ2n) is 3.16. The number of benzene rings is 1. The van der Waals surface area contributed by atoms with E-state index in [1.807, 2.05) is 0 Å². The van der Waals surface area contributed by atoms with Gasteiger partial charge in [-0.3, -0.25) is 15.1 Å². The van der Waals surface area contributed by atoms with Gasteiger partial charge in [0, 0.05) is 17.7 Å². The molecule has 0 unspecified atom stereocenters. The number of nitrogens with one attached hydrogen (secondary N) is 1. The Hall–Kier alpha value is -2.77. The fourth-order valence-corrected chi connectivity index (χ4v) is 1.28. The lowest BCUT2D eigenvalue weighted by Crippen LogP contribution is -2.15. The summed E-state index contributed by atoms with van der Waals surface area (Å²) < 4.78 is 0. The Morgan fingerprint density at radius 3 is 2.41 bits per heavy atom. The maximum atomic E-state index is 11.1. The van der Waals surface area contributed by atoms with E-state index >= 15 is 0 Å². The van der Waals surface area contributed by atoms with Crippen molar-refractivity contribution in [2.75, 3.05) is 5.73 Å². The lowest BCUT2D eigenvalue weighted by molar-refractivity contribution is -0.384. The SMILES string of the molecule is Nc1nc(-c2ccc([N+](=O)[O-])cc2)[nH]c(=O)n1. The van der Waals surface area contributed by atoms with Crippen molar-refractivity contribution in [1.29, 1.82) is 0 Å². The summed E-state index contributed by atoms with van der Waals surface area (Å²) in [4.78, 5) is 30.6. The third kappa shape index (κ3) is 2.25. The zero-order valence-corrected chi connectivity index (χ0v) is 8.45. The highest BCUT2D eigenvalue weighted by atomic mass is 16.6. The first-order valence-corrected chi connectivity index (χ1v) is 4.55. The quantitative estimate of drug-likeness (QED) is 0.567. The average molecular weight is 233 g/mol. The van der Waals surface area contributed by atoms with E-state index in [2.05, 4.69) is 15.0 Å². The molecule has 0 fully saturated rings. The molecule has 0 atom stereocenters. The molecule has 0 bridgehead atoms. The van der Waals surface area contributed by atoms with Crippen LogP contribution in [0, 0.1) is 10.1 Å². The van der Waals surface area contributed by atoms with Crippen molar-refractivity contribution >= 4 is 11.6 Å². The van der Waals surface area contributed by atoms with E-state index < -0.39 is 10.6 Å². The lowest BCUT2D eigenvalue weighted by Gasteiger charge is -2.00. The van der Waals surface area contributed by atoms with Crippen molar-refractivity contribution in [3.63, 3.8) is 0 Å². The molecule has 0 saturated heterocycles. The standard InChI is InChI=1S/C9H7N5O3/c10-8-11-7(12-9(15)13-8)5-1-3-6(4-2-5)14(16)17/h1-4H,(H3,10,11,12,13,15). The summed E-state index contributed by atoms with van der Waals surface area (Å²) in [6.07, 6.45) is 0. The molecular weight excluding hydrogens is 226 g/mol. The molecule has 2 aromatic rings. The molecule has 86 valence electrons. The summed E-state index contributed by atoms with van der Waals surface area (Å²) in [6, 6.07) is 5.56. The Morgan fingerprint density at radius 1 is 1.24 bits per heavy atom. The summed E-state index contributed by atoms with van der Waals surface area (Å²) >= 11 is 0. The van der Waals surface area contributed by atoms with Crippen LogP contribution in [-0.2, 0) is 0 Å². The number of rotatable bonds is 2. The van der Waals surface area contributed by atoms with Crippen LogP contribution < -0.4 is 11.4 Å². The van der Waals surface area contributed by atoms with Gasteiger partial charge in [0.05, 0.1) is 4.92 Å². The Bertz CT molecular complexity index is 619. The molecule has 8 heteroatoms. The zero-order valence-electron chi connectivity index (χ0n) is 8.45. The van der Waals surface area contributed by atoms with Crippen molar-refractivity contribution in [3.8, 4) is 11.4 Å². The molecule has 3 N–H and O–H groups in total. The number of non-ortho nitro benzene ring substituents is 1. The molecular formula is C9H7N5O3. The van der Waals surface area contributed by atoms with Crippen LogP contribution in [0.25, 0.3) is 11.4 Å². The molecule has 1 aromatic heterocycles. The fourth-order valence-electron chi connectivity index (χ4n) is 1.28. The normalized spacial score (nSPS) is 10.1. The molecule has 0 spiro atoms. The van der Waals surface area contributed by atoms with E-state index in [9.17, 15) is 14.9 Å². The number of nitrogens with two attached hydrogens (primary N) is 1. The number of nitro benzene ring substituents is 1. The average Bonchev–Trinajstić information content (AvgIpc) is 2.28. The first kappa shape index (κ1) is 10.7. The molecule has 2 rings (SSSR count). The topological polar surface area (TPSA) is 128 Å². The van der Waals surface area contributed by atoms with Gasteiger partial charge in [-0.2, -0.15) is 9.97 Å². The second kappa shape index (κ2) is 4.00. The highest BCUT2D eigenvalue weighted by molar-refractivity contribution is 5.57. The number of aromatic nitrogens is 3. The number of nitrogens with zero attached hydrogens (tertiary/aromatic N) is 3. The Balaban J connectivity index is 2.46. The molecule has 0 aliphatic rings. The number of nitro groups is 1. The molecule has 8 nitrogen and oxygen atoms in total. The fraction of sp³-hybridized carbons (Fsp3) is 0. The van der Waals surface area contributed by atoms with E-state index in [0.717, 1.165) is 0 Å². The molecule has 0 aliphatic heterocycles. The first-order valence-electron chi connectivity index (χ1n) is 4.55. The highest BCUT2D eigenvalue weighted by Crippen LogP contribution is 2.18. The van der Waals surface area contributed by atoms with Gasteiger partial charge in [-0.05, 0) is 12.1 Å². The first-order chi connectivity index (χ1) is 8.06. The molecule has 17 heavy (non-hydrogen) atoms. The van der Waals surface area contributed by atoms with E-state index in [1.54, 1.807) is 0 Å². The summed E-state index contributed by atoms with van der Waals surface area (Å²) in [7, 11) is 0. The number of H-pyrrole nitrogens is 1. The minimum absolute atomic E-state index is 0.0434. The van der Waals surface area contributed by atoms with Gasteiger partial charge in [0.2, 0.25) is 5.95 Å². The number of hydrogen-bond donors (Lipinski definition) is 2. The van der Waals surface area contributed by atoms with Crippen LogP contribution >= 0.6 is 0 Å². The number of anilines is 1. The van der Waals surface area contributed by atoms with Crippen molar-refractivity contribution in [2.24, 2.45) is 0 Å². The van der Waals surface area contributed by atoms with Crippen molar-refractivity contribution in [2.45, 2.75) is 0 Å². The van der Waals surface area contributed by atoms with Gasteiger partial charge < -0.3 is 5.73 Å². The van der Waals surface area contributed by atoms with Crippen molar-refractivity contribution in [3.05, 3.63) is 44.9 Å². The van der Waals surface area contributed by atoms with Crippen LogP contribution in [0.2, 0.25) is 0 Å². The maximum Gasteiger partial charge on any atom is 0.349 e. The molecule has 1 aromatic carbocycles. The minimum Gasteiger partial charge on any atom is -0.368 e. The van der Waals surface area contributed by atoms with Crippen LogP contribution in [0.1, 0.15) is 0 Å². The number of hydrogen-bond acceptors (Lipinski definition) is 6. The zero-order chi connectivity index (χ0) is 12.4. The predicted molar refractivity (Wildman–Crippen MR) is 59.2 cm³/mol. The van der Waals surface area contributed by atoms with Gasteiger partial charge in [0.15, 0.2) is 0 Å². The van der Waals surface area contributed by atoms with Crippen LogP contribution in [0.15, 0.2) is 29.1 Å². The molecule has 0 aliphatic carbocycles. The van der Waals surface area contributed by atoms with Gasteiger partial charge in [-0.25, -0.2) is 4.79 Å². The Morgan fingerprint density at radius 2 is 1.88 bits per heavy atom. The van der Waals surface area contributed by atoms with E-state index in [1.165, 1.54) is 24.3 Å². The van der Waals surface area contributed by atoms with E-state index in [4.69, 9.17) is 5.73 Å². The summed E-state index contributed by atoms with van der Waals surface area (Å²) in [5.74, 6) is 0.0690. The number of nitrogen functional groups attached to an aromatic ring is 1. The summed E-state index contributed by atoms with van der Waals surface area (Å²) in [5.41, 5.74) is 5.18. The van der Waals surface area contributed by atoms with Gasteiger partial charge in [0.25, 0.3) is 5.69 Å². The molecule has 1 heterocycles. The Labute approximate surface area is 94.3 Å². The van der Waals surface area contributed by atoms with Gasteiger partial charge in [0.1, 0.15) is 5.82 Å². The second-order valence-corrected chi connectivity index (χ2v) is 3.16. The van der Waals surface area contributed by atoms with Crippen LogP contribution in [-0.4, -0.2) is 19.9 Å². The minimum atomic E-state index is -0.620. The molecule has 0 saturated carbocycles. The number of aromatic amines is 1. The van der Waals surface area contributed by atoms with Crippen molar-refractivity contribution < 1.29 is 4.92 Å². The Kier molecular flexibility index (Phi) is 2.53. The van der Waals surface area contributed by atoms with Crippen LogP contribution in [0.3, 0.4) is 0 Å². The van der Waals surface area contributed by atoms with Crippen LogP contribution in [0.5, 0.6) is 0 Å². The lowest BCUT2D eigenvalue weighted by atomic mass is 10.2. The predicted octanol–water partition coefficient (Wildman–Crippen LogP) is 0.322. The van der Waals surface area contributed by atoms with Crippen molar-refractivity contribution in [1.82, 2.24) is 15.0 Å². The summed E-state index contributed by atoms with van der Waals surface area (Å²) in [6.45, 7) is 0. The molecule has 0 radical (unpaired) electrons. The third-order valence-electron chi connectivity index (χ3n) is 2.02. The highest BCUT2D eigenvalue weighted by Gasteiger charge is 2.07. The van der Waals surface area contributed by atoms with E-state index in [0.29, 0.717) is 5.56 Å². The maximum absolute atomic E-state index is 11.1. The van der Waals surface area contributed by atoms with E-state index in [-0.39, 0.29) is 17.5 Å². The smallest absolute Gasteiger partial charge is 0.349 e. The summed E-state index contributed by atoms with van der Waals surface area (Å²) in [5, 5.41) is 10.5. The van der Waals surface area contributed by atoms with Gasteiger partial charge in [-0.1, -0.05) is 0 Å². The molecule has 0 amide bonds. The largest absolute Gasteiger partial charge is 0.368 e. The monoisotopic (exact) mass is 233 g/mol. The van der Waals surface area contributed by atoms with Crippen LogP contribution in [0.4, 0.5) is 11.6 Å².